The van der Waals surface area contributed by atoms with Gasteiger partial charge in [0.2, 0.25) is 0 Å². The van der Waals surface area contributed by atoms with Gasteiger partial charge in [0.05, 0.1) is 12.3 Å². The number of rotatable bonds is 4. The van der Waals surface area contributed by atoms with Gasteiger partial charge in [-0.05, 0) is 6.92 Å². The summed E-state index contributed by atoms with van der Waals surface area (Å²) in [5, 5.41) is 12.9. The van der Waals surface area contributed by atoms with E-state index in [0.29, 0.717) is 17.4 Å². The first-order valence-electron chi connectivity index (χ1n) is 3.67. The molecule has 0 aliphatic carbocycles. The molecule has 68 valence electrons. The van der Waals surface area contributed by atoms with Crippen molar-refractivity contribution in [2.45, 2.75) is 19.6 Å². The van der Waals surface area contributed by atoms with Crippen LogP contribution in [-0.2, 0) is 6.54 Å². The third-order valence-corrected chi connectivity index (χ3v) is 2.36. The Hall–Kier alpha value is -0.160. The predicted octanol–water partition coefficient (Wildman–Crippen LogP) is 1.27. The summed E-state index contributed by atoms with van der Waals surface area (Å²) in [6, 6.07) is 0. The molecule has 1 rings (SSSR count). The third kappa shape index (κ3) is 3.49. The molecule has 1 heterocycles. The molecule has 0 radical (unpaired) electrons. The molecule has 5 heteroatoms. The number of hydrogen-bond donors (Lipinski definition) is 2. The van der Waals surface area contributed by atoms with Crippen LogP contribution in [0.15, 0.2) is 6.20 Å². The zero-order valence-electron chi connectivity index (χ0n) is 6.75. The van der Waals surface area contributed by atoms with E-state index < -0.39 is 0 Å². The lowest BCUT2D eigenvalue weighted by Gasteiger charge is -2.03. The number of aliphatic hydroxyl groups excluding tert-OH is 1. The highest BCUT2D eigenvalue weighted by Gasteiger charge is 1.99. The maximum atomic E-state index is 8.93. The average Bonchev–Trinajstić information content (AvgIpc) is 2.35. The van der Waals surface area contributed by atoms with Crippen molar-refractivity contribution in [1.29, 1.82) is 0 Å². The second-order valence-electron chi connectivity index (χ2n) is 2.54. The van der Waals surface area contributed by atoms with Crippen LogP contribution >= 0.6 is 22.9 Å². The molecular formula is C7H11ClN2OS. The van der Waals surface area contributed by atoms with Gasteiger partial charge >= 0.3 is 0 Å². The van der Waals surface area contributed by atoms with Crippen molar-refractivity contribution in [2.75, 3.05) is 6.54 Å². The largest absolute Gasteiger partial charge is 0.392 e. The van der Waals surface area contributed by atoms with Gasteiger partial charge in [0.1, 0.15) is 9.34 Å². The first-order chi connectivity index (χ1) is 5.68. The molecule has 0 bridgehead atoms. The molecule has 2 N–H and O–H groups in total. The molecule has 0 aromatic carbocycles. The summed E-state index contributed by atoms with van der Waals surface area (Å²) in [6.45, 7) is 2.99. The Labute approximate surface area is 80.4 Å². The highest BCUT2D eigenvalue weighted by molar-refractivity contribution is 7.15. The highest BCUT2D eigenvalue weighted by Crippen LogP contribution is 2.17. The van der Waals surface area contributed by atoms with Gasteiger partial charge in [0.25, 0.3) is 0 Å². The lowest BCUT2D eigenvalue weighted by atomic mass is 10.4. The molecule has 3 nitrogen and oxygen atoms in total. The van der Waals surface area contributed by atoms with Crippen LogP contribution in [0.2, 0.25) is 4.34 Å². The quantitative estimate of drug-likeness (QED) is 0.780. The molecule has 0 saturated heterocycles. The summed E-state index contributed by atoms with van der Waals surface area (Å²) in [5.74, 6) is 0. The second kappa shape index (κ2) is 4.77. The summed E-state index contributed by atoms with van der Waals surface area (Å²) < 4.78 is 0.698. The lowest BCUT2D eigenvalue weighted by Crippen LogP contribution is -2.23. The van der Waals surface area contributed by atoms with Gasteiger partial charge < -0.3 is 10.4 Å². The van der Waals surface area contributed by atoms with E-state index in [1.807, 2.05) is 0 Å². The molecule has 0 amide bonds. The number of nitrogens with one attached hydrogen (secondary N) is 1. The van der Waals surface area contributed by atoms with E-state index in [1.165, 1.54) is 11.3 Å². The van der Waals surface area contributed by atoms with Crippen molar-refractivity contribution in [2.24, 2.45) is 0 Å². The third-order valence-electron chi connectivity index (χ3n) is 1.24. The van der Waals surface area contributed by atoms with E-state index in [1.54, 1.807) is 13.1 Å². The van der Waals surface area contributed by atoms with Crippen LogP contribution in [-0.4, -0.2) is 22.7 Å². The SMILES string of the molecule is CC(O)CNCc1ncc(Cl)s1. The van der Waals surface area contributed by atoms with Gasteiger partial charge in [0, 0.05) is 13.1 Å². The Balaban J connectivity index is 2.24. The van der Waals surface area contributed by atoms with Gasteiger partial charge in [-0.2, -0.15) is 0 Å². The normalized spacial score (nSPS) is 13.2. The highest BCUT2D eigenvalue weighted by atomic mass is 35.5. The van der Waals surface area contributed by atoms with Crippen molar-refractivity contribution in [3.8, 4) is 0 Å². The fourth-order valence-corrected chi connectivity index (χ4v) is 1.68. The Morgan fingerprint density at radius 1 is 1.83 bits per heavy atom. The zero-order chi connectivity index (χ0) is 8.97. The Morgan fingerprint density at radius 2 is 2.58 bits per heavy atom. The topological polar surface area (TPSA) is 45.1 Å². The molecule has 1 unspecified atom stereocenters. The van der Waals surface area contributed by atoms with Crippen LogP contribution in [0.1, 0.15) is 11.9 Å². The van der Waals surface area contributed by atoms with Crippen LogP contribution in [0.5, 0.6) is 0 Å². The smallest absolute Gasteiger partial charge is 0.113 e. The summed E-state index contributed by atoms with van der Waals surface area (Å²) in [5.41, 5.74) is 0. The number of halogens is 1. The van der Waals surface area contributed by atoms with Gasteiger partial charge in [-0.3, -0.25) is 0 Å². The van der Waals surface area contributed by atoms with Crippen LogP contribution in [0.4, 0.5) is 0 Å². The maximum absolute atomic E-state index is 8.93. The first-order valence-corrected chi connectivity index (χ1v) is 4.87. The van der Waals surface area contributed by atoms with Crippen molar-refractivity contribution in [1.82, 2.24) is 10.3 Å². The van der Waals surface area contributed by atoms with E-state index in [2.05, 4.69) is 10.3 Å². The molecule has 1 aromatic rings. The number of thiazole rings is 1. The van der Waals surface area contributed by atoms with Gasteiger partial charge in [-0.1, -0.05) is 11.6 Å². The van der Waals surface area contributed by atoms with Gasteiger partial charge in [-0.15, -0.1) is 11.3 Å². The summed E-state index contributed by atoms with van der Waals surface area (Å²) in [7, 11) is 0. The van der Waals surface area contributed by atoms with E-state index in [4.69, 9.17) is 16.7 Å². The molecular weight excluding hydrogens is 196 g/mol. The molecule has 0 fully saturated rings. The van der Waals surface area contributed by atoms with Crippen LogP contribution in [0, 0.1) is 0 Å². The average molecular weight is 207 g/mol. The summed E-state index contributed by atoms with van der Waals surface area (Å²) in [6.07, 6.45) is 1.31. The van der Waals surface area contributed by atoms with E-state index in [9.17, 15) is 0 Å². The second-order valence-corrected chi connectivity index (χ2v) is 4.28. The monoisotopic (exact) mass is 206 g/mol. The molecule has 1 aromatic heterocycles. The molecule has 12 heavy (non-hydrogen) atoms. The lowest BCUT2D eigenvalue weighted by molar-refractivity contribution is 0.191. The fraction of sp³-hybridized carbons (Fsp3) is 0.571. The molecule has 0 aliphatic rings. The Bertz CT molecular complexity index is 239. The van der Waals surface area contributed by atoms with Crippen LogP contribution in [0.25, 0.3) is 0 Å². The summed E-state index contributed by atoms with van der Waals surface area (Å²) >= 11 is 7.13. The Kier molecular flexibility index (Phi) is 3.94. The first kappa shape index (κ1) is 9.92. The summed E-state index contributed by atoms with van der Waals surface area (Å²) in [4.78, 5) is 4.06. The van der Waals surface area contributed by atoms with E-state index in [-0.39, 0.29) is 6.10 Å². The molecule has 0 saturated carbocycles. The minimum atomic E-state index is -0.319. The minimum absolute atomic E-state index is 0.319. The predicted molar refractivity (Wildman–Crippen MR) is 50.5 cm³/mol. The van der Waals surface area contributed by atoms with Gasteiger partial charge in [-0.25, -0.2) is 4.98 Å². The van der Waals surface area contributed by atoms with Crippen molar-refractivity contribution in [3.05, 3.63) is 15.5 Å². The molecule has 0 spiro atoms. The van der Waals surface area contributed by atoms with Gasteiger partial charge in [0.15, 0.2) is 0 Å². The standard InChI is InChI=1S/C7H11ClN2OS/c1-5(11)2-9-4-7-10-3-6(8)12-7/h3,5,9,11H,2,4H2,1H3. The Morgan fingerprint density at radius 3 is 3.08 bits per heavy atom. The van der Waals surface area contributed by atoms with Crippen LogP contribution in [0.3, 0.4) is 0 Å². The van der Waals surface area contributed by atoms with Crippen molar-refractivity contribution in [3.63, 3.8) is 0 Å². The number of aromatic nitrogens is 1. The minimum Gasteiger partial charge on any atom is -0.392 e. The number of hydrogen-bond acceptors (Lipinski definition) is 4. The number of nitrogens with zero attached hydrogens (tertiary/aromatic N) is 1. The van der Waals surface area contributed by atoms with Crippen LogP contribution < -0.4 is 5.32 Å². The fourth-order valence-electron chi connectivity index (χ4n) is 0.758. The number of aliphatic hydroxyl groups is 1. The van der Waals surface area contributed by atoms with E-state index in [0.717, 1.165) is 5.01 Å². The molecule has 0 aliphatic heterocycles. The maximum Gasteiger partial charge on any atom is 0.113 e. The zero-order valence-corrected chi connectivity index (χ0v) is 8.32. The van der Waals surface area contributed by atoms with Crippen molar-refractivity contribution >= 4 is 22.9 Å². The van der Waals surface area contributed by atoms with Crippen molar-refractivity contribution < 1.29 is 5.11 Å². The van der Waals surface area contributed by atoms with E-state index >= 15 is 0 Å². The molecule has 1 atom stereocenters.